The van der Waals surface area contributed by atoms with Crippen LogP contribution in [0.4, 0.5) is 0 Å². The van der Waals surface area contributed by atoms with Crippen molar-refractivity contribution in [1.29, 1.82) is 0 Å². The van der Waals surface area contributed by atoms with Gasteiger partial charge in [0.15, 0.2) is 0 Å². The van der Waals surface area contributed by atoms with Crippen LogP contribution in [0, 0.1) is 11.8 Å². The van der Waals surface area contributed by atoms with Crippen LogP contribution in [0.2, 0.25) is 0 Å². The zero-order chi connectivity index (χ0) is 11.5. The minimum Gasteiger partial charge on any atom is -0.328 e. The Bertz CT molecular complexity index is 230. The summed E-state index contributed by atoms with van der Waals surface area (Å²) in [6.45, 7) is 0. The summed E-state index contributed by atoms with van der Waals surface area (Å²) in [4.78, 5) is 12.3. The minimum atomic E-state index is 0.235. The lowest BCUT2D eigenvalue weighted by Gasteiger charge is -2.32. The quantitative estimate of drug-likeness (QED) is 0.748. The highest BCUT2D eigenvalue weighted by Crippen LogP contribution is 2.32. The van der Waals surface area contributed by atoms with Crippen molar-refractivity contribution in [1.82, 2.24) is 0 Å². The first-order valence-corrected chi connectivity index (χ1v) is 6.71. The fourth-order valence-corrected chi connectivity index (χ4v) is 3.31. The lowest BCUT2D eigenvalue weighted by molar-refractivity contribution is -0.129. The van der Waals surface area contributed by atoms with E-state index in [1.165, 1.54) is 0 Å². The van der Waals surface area contributed by atoms with Gasteiger partial charge in [-0.1, -0.05) is 12.8 Å². The molecule has 3 nitrogen and oxygen atoms in total. The van der Waals surface area contributed by atoms with Crippen LogP contribution in [-0.4, -0.2) is 17.9 Å². The van der Waals surface area contributed by atoms with Crippen molar-refractivity contribution in [2.24, 2.45) is 23.3 Å². The second kappa shape index (κ2) is 5.28. The van der Waals surface area contributed by atoms with Crippen LogP contribution in [0.3, 0.4) is 0 Å². The zero-order valence-electron chi connectivity index (χ0n) is 10.0. The molecule has 0 amide bonds. The molecule has 2 fully saturated rings. The molecule has 2 saturated carbocycles. The van der Waals surface area contributed by atoms with Crippen LogP contribution in [0.15, 0.2) is 0 Å². The number of carbonyl (C=O) groups excluding carboxylic acids is 1. The largest absolute Gasteiger partial charge is 0.328 e. The number of hydrogen-bond acceptors (Lipinski definition) is 3. The standard InChI is InChI=1S/C13H24N2O/c14-11-5-1-3-9(7-11)13(16)10-4-2-6-12(15)8-10/h9-12H,1-8,14-15H2. The lowest BCUT2D eigenvalue weighted by atomic mass is 9.74. The van der Waals surface area contributed by atoms with Crippen LogP contribution in [0.5, 0.6) is 0 Å². The molecule has 4 unspecified atom stereocenters. The van der Waals surface area contributed by atoms with E-state index in [1.54, 1.807) is 0 Å². The zero-order valence-corrected chi connectivity index (χ0v) is 10.0. The summed E-state index contributed by atoms with van der Waals surface area (Å²) in [6.07, 6.45) is 8.35. The van der Waals surface area contributed by atoms with Crippen molar-refractivity contribution in [2.45, 2.75) is 63.5 Å². The second-order valence-electron chi connectivity index (χ2n) is 5.65. The molecule has 2 rings (SSSR count). The summed E-state index contributed by atoms with van der Waals surface area (Å²) in [6, 6.07) is 0.500. The van der Waals surface area contributed by atoms with Crippen molar-refractivity contribution < 1.29 is 4.79 Å². The highest BCUT2D eigenvalue weighted by molar-refractivity contribution is 5.83. The average molecular weight is 224 g/mol. The van der Waals surface area contributed by atoms with E-state index in [0.717, 1.165) is 51.4 Å². The van der Waals surface area contributed by atoms with Crippen LogP contribution in [0.25, 0.3) is 0 Å². The SMILES string of the molecule is NC1CCCC(C(=O)C2CCCC(N)C2)C1. The highest BCUT2D eigenvalue weighted by atomic mass is 16.1. The summed E-state index contributed by atoms with van der Waals surface area (Å²) in [5, 5.41) is 0. The van der Waals surface area contributed by atoms with Crippen LogP contribution in [-0.2, 0) is 4.79 Å². The third-order valence-corrected chi connectivity index (χ3v) is 4.23. The first kappa shape index (κ1) is 12.1. The number of rotatable bonds is 2. The molecule has 2 aliphatic carbocycles. The number of hydrogen-bond donors (Lipinski definition) is 2. The average Bonchev–Trinajstić information content (AvgIpc) is 2.28. The molecule has 92 valence electrons. The van der Waals surface area contributed by atoms with Gasteiger partial charge in [-0.25, -0.2) is 0 Å². The van der Waals surface area contributed by atoms with E-state index in [9.17, 15) is 4.79 Å². The van der Waals surface area contributed by atoms with Crippen molar-refractivity contribution in [3.8, 4) is 0 Å². The van der Waals surface area contributed by atoms with Crippen molar-refractivity contribution >= 4 is 5.78 Å². The van der Waals surface area contributed by atoms with Crippen LogP contribution < -0.4 is 11.5 Å². The van der Waals surface area contributed by atoms with Crippen molar-refractivity contribution in [3.05, 3.63) is 0 Å². The van der Waals surface area contributed by atoms with Gasteiger partial charge < -0.3 is 11.5 Å². The fourth-order valence-electron chi connectivity index (χ4n) is 3.31. The van der Waals surface area contributed by atoms with E-state index in [-0.39, 0.29) is 23.9 Å². The van der Waals surface area contributed by atoms with Gasteiger partial charge in [-0.3, -0.25) is 4.79 Å². The Hall–Kier alpha value is -0.410. The number of nitrogens with two attached hydrogens (primary N) is 2. The van der Waals surface area contributed by atoms with Gasteiger partial charge in [0, 0.05) is 23.9 Å². The molecule has 16 heavy (non-hydrogen) atoms. The normalized spacial score (nSPS) is 40.6. The Balaban J connectivity index is 1.90. The number of ketones is 1. The Kier molecular flexibility index (Phi) is 3.98. The van der Waals surface area contributed by atoms with Gasteiger partial charge in [0.2, 0.25) is 0 Å². The van der Waals surface area contributed by atoms with Gasteiger partial charge in [-0.2, -0.15) is 0 Å². The number of Topliss-reactive ketones (excluding diaryl/α,β-unsaturated/α-hetero) is 1. The van der Waals surface area contributed by atoms with E-state index >= 15 is 0 Å². The monoisotopic (exact) mass is 224 g/mol. The summed E-state index contributed by atoms with van der Waals surface area (Å²) >= 11 is 0. The van der Waals surface area contributed by atoms with E-state index in [4.69, 9.17) is 11.5 Å². The molecule has 2 aliphatic rings. The van der Waals surface area contributed by atoms with Crippen LogP contribution in [0.1, 0.15) is 51.4 Å². The van der Waals surface area contributed by atoms with Crippen molar-refractivity contribution in [3.63, 3.8) is 0 Å². The van der Waals surface area contributed by atoms with Gasteiger partial charge in [0.1, 0.15) is 5.78 Å². The van der Waals surface area contributed by atoms with Gasteiger partial charge in [-0.05, 0) is 38.5 Å². The van der Waals surface area contributed by atoms with Gasteiger partial charge in [0.25, 0.3) is 0 Å². The van der Waals surface area contributed by atoms with Gasteiger partial charge >= 0.3 is 0 Å². The summed E-state index contributed by atoms with van der Waals surface area (Å²) in [5.74, 6) is 0.934. The Morgan fingerprint density at radius 2 is 1.25 bits per heavy atom. The highest BCUT2D eigenvalue weighted by Gasteiger charge is 2.32. The predicted molar refractivity (Wildman–Crippen MR) is 64.9 cm³/mol. The van der Waals surface area contributed by atoms with Gasteiger partial charge in [-0.15, -0.1) is 0 Å². The summed E-state index contributed by atoms with van der Waals surface area (Å²) in [7, 11) is 0. The number of carbonyl (C=O) groups is 1. The molecule has 0 bridgehead atoms. The smallest absolute Gasteiger partial charge is 0.139 e. The Morgan fingerprint density at radius 1 is 0.812 bits per heavy atom. The predicted octanol–water partition coefficient (Wildman–Crippen LogP) is 1.59. The minimum absolute atomic E-state index is 0.235. The van der Waals surface area contributed by atoms with E-state index in [2.05, 4.69) is 0 Å². The molecule has 0 aromatic rings. The molecule has 4 atom stereocenters. The molecule has 0 spiro atoms. The Labute approximate surface area is 97.9 Å². The van der Waals surface area contributed by atoms with Crippen LogP contribution >= 0.6 is 0 Å². The molecule has 0 heterocycles. The molecule has 0 aromatic carbocycles. The third-order valence-electron chi connectivity index (χ3n) is 4.23. The van der Waals surface area contributed by atoms with Crippen molar-refractivity contribution in [2.75, 3.05) is 0 Å². The fraction of sp³-hybridized carbons (Fsp3) is 0.923. The molecule has 3 heteroatoms. The summed E-state index contributed by atoms with van der Waals surface area (Å²) in [5.41, 5.74) is 11.9. The molecule has 0 aromatic heterocycles. The molecular weight excluding hydrogens is 200 g/mol. The molecular formula is C13H24N2O. The molecule has 4 N–H and O–H groups in total. The Morgan fingerprint density at radius 3 is 1.62 bits per heavy atom. The maximum absolute atomic E-state index is 12.3. The maximum Gasteiger partial charge on any atom is 0.139 e. The van der Waals surface area contributed by atoms with Gasteiger partial charge in [0.05, 0.1) is 0 Å². The maximum atomic E-state index is 12.3. The first-order valence-electron chi connectivity index (χ1n) is 6.71. The summed E-state index contributed by atoms with van der Waals surface area (Å²) < 4.78 is 0. The van der Waals surface area contributed by atoms with E-state index < -0.39 is 0 Å². The second-order valence-corrected chi connectivity index (χ2v) is 5.65. The lowest BCUT2D eigenvalue weighted by Crippen LogP contribution is -2.38. The molecule has 0 saturated heterocycles. The molecule has 0 aliphatic heterocycles. The molecule has 0 radical (unpaired) electrons. The van der Waals surface area contributed by atoms with E-state index in [1.807, 2.05) is 0 Å². The topological polar surface area (TPSA) is 69.1 Å². The van der Waals surface area contributed by atoms with E-state index in [0.29, 0.717) is 5.78 Å². The first-order chi connectivity index (χ1) is 7.66. The third kappa shape index (κ3) is 2.83.